The molecule has 1 saturated heterocycles. The minimum atomic E-state index is -0.0466. The fourth-order valence-electron chi connectivity index (χ4n) is 4.16. The maximum absolute atomic E-state index is 5.81. The largest absolute Gasteiger partial charge is 0.352 e. The summed E-state index contributed by atoms with van der Waals surface area (Å²) in [6, 6.07) is 22.9. The van der Waals surface area contributed by atoms with Crippen LogP contribution in [0, 0.1) is 6.92 Å². The molecule has 2 atom stereocenters. The van der Waals surface area contributed by atoms with Crippen LogP contribution in [0.4, 0.5) is 0 Å². The summed E-state index contributed by atoms with van der Waals surface area (Å²) in [4.78, 5) is 11.0. The van der Waals surface area contributed by atoms with Gasteiger partial charge in [0.2, 0.25) is 0 Å². The highest BCUT2D eigenvalue weighted by atomic mass is 32.1. The van der Waals surface area contributed by atoms with Crippen LogP contribution in [0.15, 0.2) is 91.5 Å². The Labute approximate surface area is 187 Å². The predicted molar refractivity (Wildman–Crippen MR) is 126 cm³/mol. The van der Waals surface area contributed by atoms with Crippen molar-refractivity contribution in [3.8, 4) is 5.69 Å². The van der Waals surface area contributed by atoms with Crippen molar-refractivity contribution in [2.45, 2.75) is 25.6 Å². The van der Waals surface area contributed by atoms with E-state index >= 15 is 0 Å². The number of nitrogens with zero attached hydrogens (tertiary/aromatic N) is 4. The summed E-state index contributed by atoms with van der Waals surface area (Å²) in [6.45, 7) is 2.80. The van der Waals surface area contributed by atoms with E-state index in [1.54, 1.807) is 0 Å². The highest BCUT2D eigenvalue weighted by Gasteiger charge is 2.41. The van der Waals surface area contributed by atoms with E-state index in [-0.39, 0.29) is 12.1 Å². The molecule has 0 saturated carbocycles. The summed E-state index contributed by atoms with van der Waals surface area (Å²) in [5.41, 5.74) is 5.68. The van der Waals surface area contributed by atoms with Gasteiger partial charge < -0.3 is 14.8 Å². The second-order valence-corrected chi connectivity index (χ2v) is 8.14. The Kier molecular flexibility index (Phi) is 5.22. The Morgan fingerprint density at radius 1 is 0.935 bits per heavy atom. The molecule has 5 nitrogen and oxygen atoms in total. The van der Waals surface area contributed by atoms with E-state index in [4.69, 9.17) is 12.2 Å². The Morgan fingerprint density at radius 3 is 2.48 bits per heavy atom. The van der Waals surface area contributed by atoms with E-state index in [1.807, 2.05) is 42.9 Å². The van der Waals surface area contributed by atoms with Crippen molar-refractivity contribution in [3.63, 3.8) is 0 Å². The van der Waals surface area contributed by atoms with E-state index in [0.717, 1.165) is 16.5 Å². The van der Waals surface area contributed by atoms with E-state index in [2.05, 4.69) is 80.3 Å². The molecule has 0 unspecified atom stereocenters. The highest BCUT2D eigenvalue weighted by Crippen LogP contribution is 2.40. The number of rotatable bonds is 5. The smallest absolute Gasteiger partial charge is 0.170 e. The van der Waals surface area contributed by atoms with Gasteiger partial charge in [-0.25, -0.2) is 0 Å². The minimum absolute atomic E-state index is 0.00753. The lowest BCUT2D eigenvalue weighted by molar-refractivity contribution is 0.302. The molecule has 0 amide bonds. The number of pyridine rings is 2. The zero-order valence-corrected chi connectivity index (χ0v) is 18.0. The maximum Gasteiger partial charge on any atom is 0.170 e. The summed E-state index contributed by atoms with van der Waals surface area (Å²) in [5.74, 6) is 0. The molecule has 1 aromatic carbocycles. The van der Waals surface area contributed by atoms with Crippen molar-refractivity contribution in [2.75, 3.05) is 0 Å². The molecule has 0 radical (unpaired) electrons. The van der Waals surface area contributed by atoms with Crippen molar-refractivity contribution in [2.24, 2.45) is 0 Å². The Bertz CT molecular complexity index is 1170. The van der Waals surface area contributed by atoms with Crippen LogP contribution in [0.1, 0.15) is 34.6 Å². The van der Waals surface area contributed by atoms with Crippen LogP contribution in [-0.2, 0) is 6.54 Å². The van der Waals surface area contributed by atoms with Gasteiger partial charge in [0, 0.05) is 42.7 Å². The van der Waals surface area contributed by atoms with Crippen LogP contribution < -0.4 is 5.32 Å². The third-order valence-corrected chi connectivity index (χ3v) is 6.05. The highest BCUT2D eigenvalue weighted by molar-refractivity contribution is 7.80. The van der Waals surface area contributed by atoms with E-state index in [1.165, 1.54) is 16.8 Å². The fourth-order valence-corrected chi connectivity index (χ4v) is 4.46. The van der Waals surface area contributed by atoms with Crippen molar-refractivity contribution in [1.82, 2.24) is 24.8 Å². The number of hydrogen-bond donors (Lipinski definition) is 1. The number of aryl methyl sites for hydroxylation is 1. The molecule has 0 bridgehead atoms. The zero-order valence-electron chi connectivity index (χ0n) is 17.2. The molecular weight excluding hydrogens is 402 g/mol. The third kappa shape index (κ3) is 3.82. The summed E-state index contributed by atoms with van der Waals surface area (Å²) in [7, 11) is 0. The molecule has 1 fully saturated rings. The van der Waals surface area contributed by atoms with Crippen molar-refractivity contribution in [3.05, 3.63) is 114 Å². The molecule has 154 valence electrons. The molecule has 1 aliphatic heterocycles. The summed E-state index contributed by atoms with van der Waals surface area (Å²) in [6.07, 6.45) is 7.59. The van der Waals surface area contributed by atoms with Gasteiger partial charge >= 0.3 is 0 Å². The Morgan fingerprint density at radius 2 is 1.74 bits per heavy atom. The Hall–Kier alpha value is -3.51. The van der Waals surface area contributed by atoms with Crippen LogP contribution in [0.25, 0.3) is 5.69 Å². The normalized spacial score (nSPS) is 18.2. The van der Waals surface area contributed by atoms with Crippen molar-refractivity contribution < 1.29 is 0 Å². The molecule has 5 rings (SSSR count). The van der Waals surface area contributed by atoms with E-state index in [0.29, 0.717) is 6.54 Å². The second kappa shape index (κ2) is 8.32. The van der Waals surface area contributed by atoms with Crippen molar-refractivity contribution in [1.29, 1.82) is 0 Å². The van der Waals surface area contributed by atoms with Gasteiger partial charge in [0.25, 0.3) is 0 Å². The molecular formula is C25H23N5S. The van der Waals surface area contributed by atoms with Crippen LogP contribution in [0.2, 0.25) is 0 Å². The summed E-state index contributed by atoms with van der Waals surface area (Å²) < 4.78 is 2.25. The monoisotopic (exact) mass is 425 g/mol. The first-order valence-electron chi connectivity index (χ1n) is 10.3. The lowest BCUT2D eigenvalue weighted by Gasteiger charge is -2.29. The lowest BCUT2D eigenvalue weighted by Crippen LogP contribution is -2.30. The van der Waals surface area contributed by atoms with E-state index in [9.17, 15) is 0 Å². The molecule has 0 aliphatic carbocycles. The summed E-state index contributed by atoms with van der Waals surface area (Å²) in [5, 5.41) is 4.26. The lowest BCUT2D eigenvalue weighted by atomic mass is 10.0. The van der Waals surface area contributed by atoms with Gasteiger partial charge in [-0.3, -0.25) is 9.97 Å². The molecule has 4 heterocycles. The molecule has 31 heavy (non-hydrogen) atoms. The van der Waals surface area contributed by atoms with Gasteiger partial charge in [-0.15, -0.1) is 0 Å². The first-order chi connectivity index (χ1) is 15.2. The molecule has 1 aliphatic rings. The summed E-state index contributed by atoms with van der Waals surface area (Å²) >= 11 is 5.81. The number of thiocarbonyl (C=S) groups is 1. The van der Waals surface area contributed by atoms with Gasteiger partial charge in [-0.2, -0.15) is 0 Å². The van der Waals surface area contributed by atoms with Gasteiger partial charge in [0.05, 0.1) is 17.8 Å². The third-order valence-electron chi connectivity index (χ3n) is 5.70. The van der Waals surface area contributed by atoms with Crippen molar-refractivity contribution >= 4 is 17.3 Å². The van der Waals surface area contributed by atoms with E-state index < -0.39 is 0 Å². The average Bonchev–Trinajstić information content (AvgIpc) is 3.40. The van der Waals surface area contributed by atoms with Crippen LogP contribution >= 0.6 is 12.2 Å². The number of benzene rings is 1. The minimum Gasteiger partial charge on any atom is -0.352 e. The number of aromatic nitrogens is 3. The molecule has 6 heteroatoms. The quantitative estimate of drug-likeness (QED) is 0.468. The number of nitrogens with one attached hydrogen (secondary N) is 1. The first kappa shape index (κ1) is 19.5. The second-order valence-electron chi connectivity index (χ2n) is 7.75. The molecule has 3 aromatic heterocycles. The van der Waals surface area contributed by atoms with Gasteiger partial charge in [-0.1, -0.05) is 23.8 Å². The fraction of sp³-hybridized carbons (Fsp3) is 0.160. The molecule has 1 N–H and O–H groups in total. The van der Waals surface area contributed by atoms with Gasteiger partial charge in [-0.05, 0) is 73.2 Å². The Balaban J connectivity index is 1.60. The van der Waals surface area contributed by atoms with Crippen LogP contribution in [0.3, 0.4) is 0 Å². The van der Waals surface area contributed by atoms with Gasteiger partial charge in [0.15, 0.2) is 5.11 Å². The molecule has 0 spiro atoms. The topological polar surface area (TPSA) is 46.0 Å². The van der Waals surface area contributed by atoms with Crippen LogP contribution in [0.5, 0.6) is 0 Å². The standard InChI is InChI=1S/C25H23N5S/c1-18-7-9-20(10-8-18)29-16-4-6-22(29)24-23(21-5-2-3-13-27-21)28-25(31)30(24)17-19-11-14-26-15-12-19/h2-16,23-24H,17H2,1H3,(H,28,31)/t23-,24-/m1/s1. The average molecular weight is 426 g/mol. The first-order valence-corrected chi connectivity index (χ1v) is 10.7. The predicted octanol–water partition coefficient (Wildman–Crippen LogP) is 4.75. The maximum atomic E-state index is 5.81. The SMILES string of the molecule is Cc1ccc(-n2cccc2[C@@H]2[C@@H](c3ccccn3)NC(=S)N2Cc2ccncc2)cc1. The van der Waals surface area contributed by atoms with Gasteiger partial charge in [0.1, 0.15) is 0 Å². The number of hydrogen-bond acceptors (Lipinski definition) is 3. The molecule has 4 aromatic rings. The van der Waals surface area contributed by atoms with Crippen LogP contribution in [-0.4, -0.2) is 24.5 Å². The zero-order chi connectivity index (χ0) is 21.2.